The van der Waals surface area contributed by atoms with Crippen LogP contribution in [0.1, 0.15) is 13.8 Å². The average Bonchev–Trinajstić information content (AvgIpc) is 1.86. The Kier molecular flexibility index (Phi) is 5.10. The van der Waals surface area contributed by atoms with Gasteiger partial charge in [-0.15, -0.1) is 0 Å². The molecule has 2 unspecified atom stereocenters. The second-order valence-corrected chi connectivity index (χ2v) is 1.80. The van der Waals surface area contributed by atoms with E-state index in [1.54, 1.807) is 13.8 Å². The molecule has 0 aromatic carbocycles. The van der Waals surface area contributed by atoms with Crippen LogP contribution in [0.4, 0.5) is 0 Å². The van der Waals surface area contributed by atoms with Crippen LogP contribution in [-0.4, -0.2) is 25.4 Å². The van der Waals surface area contributed by atoms with Crippen molar-refractivity contribution in [2.24, 2.45) is 5.73 Å². The van der Waals surface area contributed by atoms with Crippen LogP contribution in [0.25, 0.3) is 0 Å². The van der Waals surface area contributed by atoms with Gasteiger partial charge in [-0.3, -0.25) is 4.79 Å². The summed E-state index contributed by atoms with van der Waals surface area (Å²) in [6.45, 7) is 3.85. The molecule has 0 fully saturated rings. The van der Waals surface area contributed by atoms with E-state index >= 15 is 0 Å². The molecule has 0 aliphatic rings. The zero-order valence-corrected chi connectivity index (χ0v) is 6.24. The van der Waals surface area contributed by atoms with Crippen LogP contribution in [0.3, 0.4) is 0 Å². The fraction of sp³-hybridized carbons (Fsp3) is 0.833. The monoisotopic (exact) mass is 147 g/mol. The van der Waals surface area contributed by atoms with E-state index in [-0.39, 0.29) is 0 Å². The van der Waals surface area contributed by atoms with Gasteiger partial charge in [-0.25, -0.2) is 0 Å². The van der Waals surface area contributed by atoms with Crippen LogP contribution in [0.2, 0.25) is 0 Å². The summed E-state index contributed by atoms with van der Waals surface area (Å²) in [4.78, 5) is 10.1. The van der Waals surface area contributed by atoms with Gasteiger partial charge in [0.25, 0.3) is 0 Å². The van der Waals surface area contributed by atoms with Gasteiger partial charge in [0.2, 0.25) is 6.29 Å². The first kappa shape index (κ1) is 9.55. The lowest BCUT2D eigenvalue weighted by Gasteiger charge is -2.13. The van der Waals surface area contributed by atoms with E-state index in [4.69, 9.17) is 15.2 Å². The molecule has 10 heavy (non-hydrogen) atoms. The van der Waals surface area contributed by atoms with Gasteiger partial charge in [-0.05, 0) is 13.8 Å². The van der Waals surface area contributed by atoms with Crippen molar-refractivity contribution in [3.8, 4) is 0 Å². The molecular weight excluding hydrogens is 134 g/mol. The molecular formula is C6H13NO3. The van der Waals surface area contributed by atoms with Crippen molar-refractivity contribution in [2.45, 2.75) is 26.4 Å². The molecule has 0 radical (unpaired) electrons. The molecule has 2 N–H and O–H groups in total. The molecule has 0 aliphatic carbocycles. The molecule has 0 aromatic heterocycles. The molecule has 4 heteroatoms. The molecule has 0 aromatic rings. The van der Waals surface area contributed by atoms with Gasteiger partial charge >= 0.3 is 0 Å². The van der Waals surface area contributed by atoms with Crippen molar-refractivity contribution in [3.63, 3.8) is 0 Å². The number of nitrogens with two attached hydrogens (primary N) is 1. The molecule has 0 rings (SSSR count). The Labute approximate surface area is 60.3 Å². The van der Waals surface area contributed by atoms with Crippen LogP contribution >= 0.6 is 0 Å². The van der Waals surface area contributed by atoms with Crippen LogP contribution in [0.5, 0.6) is 0 Å². The second kappa shape index (κ2) is 5.34. The third-order valence-corrected chi connectivity index (χ3v) is 0.791. The SMILES string of the molecule is CCOC(C=O)OC(C)N. The quantitative estimate of drug-likeness (QED) is 0.434. The summed E-state index contributed by atoms with van der Waals surface area (Å²) in [5.74, 6) is 0. The van der Waals surface area contributed by atoms with Gasteiger partial charge in [0.05, 0.1) is 0 Å². The highest BCUT2D eigenvalue weighted by molar-refractivity contribution is 5.53. The number of hydrogen-bond acceptors (Lipinski definition) is 4. The number of ether oxygens (including phenoxy) is 2. The van der Waals surface area contributed by atoms with Crippen molar-refractivity contribution >= 4 is 6.29 Å². The van der Waals surface area contributed by atoms with Gasteiger partial charge in [-0.1, -0.05) is 0 Å². The smallest absolute Gasteiger partial charge is 0.216 e. The first-order chi connectivity index (χ1) is 4.70. The highest BCUT2D eigenvalue weighted by atomic mass is 16.7. The molecule has 0 amide bonds. The molecule has 0 aliphatic heterocycles. The minimum atomic E-state index is -0.815. The van der Waals surface area contributed by atoms with Crippen molar-refractivity contribution in [1.29, 1.82) is 0 Å². The largest absolute Gasteiger partial charge is 0.346 e. The van der Waals surface area contributed by atoms with Crippen LogP contribution < -0.4 is 5.73 Å². The van der Waals surface area contributed by atoms with E-state index in [9.17, 15) is 4.79 Å². The van der Waals surface area contributed by atoms with Crippen molar-refractivity contribution in [1.82, 2.24) is 0 Å². The van der Waals surface area contributed by atoms with Crippen molar-refractivity contribution in [2.75, 3.05) is 6.61 Å². The van der Waals surface area contributed by atoms with E-state index in [0.29, 0.717) is 12.9 Å². The number of carbonyl (C=O) groups is 1. The summed E-state index contributed by atoms with van der Waals surface area (Å²) in [5.41, 5.74) is 5.24. The Morgan fingerprint density at radius 3 is 2.60 bits per heavy atom. The predicted octanol–water partition coefficient (Wildman–Crippen LogP) is -0.131. The zero-order valence-electron chi connectivity index (χ0n) is 6.24. The summed E-state index contributed by atoms with van der Waals surface area (Å²) in [6, 6.07) is 0. The molecule has 0 spiro atoms. The highest BCUT2D eigenvalue weighted by Crippen LogP contribution is 1.92. The number of aldehydes is 1. The Hall–Kier alpha value is -0.450. The van der Waals surface area contributed by atoms with Crippen LogP contribution in [0.15, 0.2) is 0 Å². The topological polar surface area (TPSA) is 61.5 Å². The Morgan fingerprint density at radius 1 is 1.70 bits per heavy atom. The van der Waals surface area contributed by atoms with Crippen molar-refractivity contribution < 1.29 is 14.3 Å². The minimum Gasteiger partial charge on any atom is -0.346 e. The normalized spacial score (nSPS) is 16.3. The molecule has 2 atom stereocenters. The summed E-state index contributed by atoms with van der Waals surface area (Å²) in [5, 5.41) is 0. The summed E-state index contributed by atoms with van der Waals surface area (Å²) in [7, 11) is 0. The average molecular weight is 147 g/mol. The lowest BCUT2D eigenvalue weighted by molar-refractivity contribution is -0.168. The van der Waals surface area contributed by atoms with E-state index in [1.165, 1.54) is 0 Å². The lowest BCUT2D eigenvalue weighted by atomic mass is 10.6. The van der Waals surface area contributed by atoms with Gasteiger partial charge in [-0.2, -0.15) is 0 Å². The van der Waals surface area contributed by atoms with Crippen LogP contribution in [0, 0.1) is 0 Å². The third-order valence-electron chi connectivity index (χ3n) is 0.791. The molecule has 0 saturated heterocycles. The van der Waals surface area contributed by atoms with Gasteiger partial charge in [0, 0.05) is 6.61 Å². The standard InChI is InChI=1S/C6H13NO3/c1-3-9-6(4-8)10-5(2)7/h4-6H,3,7H2,1-2H3. The fourth-order valence-electron chi connectivity index (χ4n) is 0.486. The molecule has 0 heterocycles. The molecule has 0 saturated carbocycles. The van der Waals surface area contributed by atoms with Gasteiger partial charge in [0.1, 0.15) is 6.23 Å². The Morgan fingerprint density at radius 2 is 2.30 bits per heavy atom. The first-order valence-electron chi connectivity index (χ1n) is 3.18. The van der Waals surface area contributed by atoms with E-state index < -0.39 is 12.5 Å². The molecule has 0 bridgehead atoms. The van der Waals surface area contributed by atoms with E-state index in [2.05, 4.69) is 0 Å². The molecule has 60 valence electrons. The Balaban J connectivity index is 3.49. The third kappa shape index (κ3) is 4.43. The van der Waals surface area contributed by atoms with Crippen LogP contribution in [-0.2, 0) is 14.3 Å². The highest BCUT2D eigenvalue weighted by Gasteiger charge is 2.07. The predicted molar refractivity (Wildman–Crippen MR) is 36.2 cm³/mol. The summed E-state index contributed by atoms with van der Waals surface area (Å²) < 4.78 is 9.66. The minimum absolute atomic E-state index is 0.441. The first-order valence-corrected chi connectivity index (χ1v) is 3.18. The fourth-order valence-corrected chi connectivity index (χ4v) is 0.486. The summed E-state index contributed by atoms with van der Waals surface area (Å²) >= 11 is 0. The number of rotatable bonds is 5. The lowest BCUT2D eigenvalue weighted by Crippen LogP contribution is -2.29. The maximum absolute atomic E-state index is 10.1. The summed E-state index contributed by atoms with van der Waals surface area (Å²) in [6.07, 6.45) is -0.709. The van der Waals surface area contributed by atoms with Gasteiger partial charge in [0.15, 0.2) is 6.29 Å². The maximum atomic E-state index is 10.1. The van der Waals surface area contributed by atoms with E-state index in [0.717, 1.165) is 0 Å². The molecule has 4 nitrogen and oxygen atoms in total. The maximum Gasteiger partial charge on any atom is 0.216 e. The van der Waals surface area contributed by atoms with E-state index in [1.807, 2.05) is 0 Å². The number of hydrogen-bond donors (Lipinski definition) is 1. The van der Waals surface area contributed by atoms with Gasteiger partial charge < -0.3 is 15.2 Å². The Bertz CT molecular complexity index is 95.0. The number of carbonyl (C=O) groups excluding carboxylic acids is 1. The van der Waals surface area contributed by atoms with Crippen molar-refractivity contribution in [3.05, 3.63) is 0 Å². The zero-order chi connectivity index (χ0) is 7.98. The second-order valence-electron chi connectivity index (χ2n) is 1.80.